The molecule has 0 spiro atoms. The van der Waals surface area contributed by atoms with Gasteiger partial charge in [-0.2, -0.15) is 0 Å². The van der Waals surface area contributed by atoms with Crippen molar-refractivity contribution in [1.29, 1.82) is 0 Å². The summed E-state index contributed by atoms with van der Waals surface area (Å²) in [4.78, 5) is 14.3. The van der Waals surface area contributed by atoms with Gasteiger partial charge in [-0.25, -0.2) is 0 Å². The van der Waals surface area contributed by atoms with E-state index in [4.69, 9.17) is 22.1 Å². The predicted molar refractivity (Wildman–Crippen MR) is 83.3 cm³/mol. The summed E-state index contributed by atoms with van der Waals surface area (Å²) in [7, 11) is 0. The highest BCUT2D eigenvalue weighted by Gasteiger charge is 2.30. The maximum absolute atomic E-state index is 12.5. The molecule has 4 nitrogen and oxygen atoms in total. The van der Waals surface area contributed by atoms with Crippen molar-refractivity contribution in [3.8, 4) is 11.8 Å². The fraction of sp³-hybridized carbons (Fsp3) is 0.438. The van der Waals surface area contributed by atoms with Gasteiger partial charge in [0.25, 0.3) is 5.91 Å². The fourth-order valence-electron chi connectivity index (χ4n) is 2.27. The van der Waals surface area contributed by atoms with Crippen molar-refractivity contribution in [3.63, 3.8) is 0 Å². The number of morpholine rings is 1. The number of carbonyl (C=O) groups is 1. The van der Waals surface area contributed by atoms with Crippen LogP contribution >= 0.6 is 11.6 Å². The van der Waals surface area contributed by atoms with Crippen LogP contribution in [-0.2, 0) is 4.74 Å². The highest BCUT2D eigenvalue weighted by molar-refractivity contribution is 6.32. The SMILES string of the molecule is CC1(C)CN(C(=O)c2ccc(C#CCN)c(Cl)c2)CCO1. The number of hydrogen-bond acceptors (Lipinski definition) is 3. The molecule has 0 bridgehead atoms. The lowest BCUT2D eigenvalue weighted by Crippen LogP contribution is -2.50. The summed E-state index contributed by atoms with van der Waals surface area (Å²) in [6.45, 7) is 5.94. The van der Waals surface area contributed by atoms with Gasteiger partial charge >= 0.3 is 0 Å². The molecule has 1 saturated heterocycles. The Labute approximate surface area is 130 Å². The summed E-state index contributed by atoms with van der Waals surface area (Å²) in [5, 5.41) is 0.467. The Hall–Kier alpha value is -1.54. The van der Waals surface area contributed by atoms with Crippen molar-refractivity contribution in [2.75, 3.05) is 26.2 Å². The molecule has 1 amide bonds. The highest BCUT2D eigenvalue weighted by Crippen LogP contribution is 2.21. The van der Waals surface area contributed by atoms with E-state index >= 15 is 0 Å². The molecule has 1 aromatic carbocycles. The average molecular weight is 307 g/mol. The summed E-state index contributed by atoms with van der Waals surface area (Å²) in [5.74, 6) is 5.59. The van der Waals surface area contributed by atoms with Crippen LogP contribution in [0.2, 0.25) is 5.02 Å². The smallest absolute Gasteiger partial charge is 0.254 e. The third-order valence-electron chi connectivity index (χ3n) is 3.25. The summed E-state index contributed by atoms with van der Waals surface area (Å²) in [6.07, 6.45) is 0. The quantitative estimate of drug-likeness (QED) is 0.806. The molecule has 1 fully saturated rings. The van der Waals surface area contributed by atoms with Crippen LogP contribution in [0.25, 0.3) is 0 Å². The lowest BCUT2D eigenvalue weighted by Gasteiger charge is -2.38. The molecular formula is C16H19ClN2O2. The average Bonchev–Trinajstić information content (AvgIpc) is 2.44. The molecular weight excluding hydrogens is 288 g/mol. The minimum atomic E-state index is -0.315. The Morgan fingerprint density at radius 1 is 1.52 bits per heavy atom. The number of hydrogen-bond donors (Lipinski definition) is 1. The topological polar surface area (TPSA) is 55.6 Å². The van der Waals surface area contributed by atoms with Gasteiger partial charge in [0.2, 0.25) is 0 Å². The van der Waals surface area contributed by atoms with Crippen molar-refractivity contribution in [2.45, 2.75) is 19.4 Å². The molecule has 0 aliphatic carbocycles. The Kier molecular flexibility index (Phi) is 4.89. The van der Waals surface area contributed by atoms with Gasteiger partial charge in [0.15, 0.2) is 0 Å². The summed E-state index contributed by atoms with van der Waals surface area (Å²) < 4.78 is 5.62. The number of carbonyl (C=O) groups excluding carboxylic acids is 1. The maximum Gasteiger partial charge on any atom is 0.254 e. The van der Waals surface area contributed by atoms with Gasteiger partial charge in [-0.15, -0.1) is 0 Å². The lowest BCUT2D eigenvalue weighted by molar-refractivity contribution is -0.0764. The Bertz CT molecular complexity index is 602. The van der Waals surface area contributed by atoms with Crippen molar-refractivity contribution < 1.29 is 9.53 Å². The van der Waals surface area contributed by atoms with E-state index < -0.39 is 0 Å². The van der Waals surface area contributed by atoms with Crippen LogP contribution in [0.3, 0.4) is 0 Å². The van der Waals surface area contributed by atoms with Crippen molar-refractivity contribution >= 4 is 17.5 Å². The molecule has 2 rings (SSSR count). The lowest BCUT2D eigenvalue weighted by atomic mass is 10.1. The van der Waals surface area contributed by atoms with Crippen LogP contribution in [0.4, 0.5) is 0 Å². The predicted octanol–water partition coefficient (Wildman–Crippen LogP) is 1.90. The minimum Gasteiger partial charge on any atom is -0.372 e. The summed E-state index contributed by atoms with van der Waals surface area (Å²) in [5.41, 5.74) is 6.27. The zero-order valence-electron chi connectivity index (χ0n) is 12.3. The number of amides is 1. The van der Waals surface area contributed by atoms with Gasteiger partial charge in [-0.05, 0) is 32.0 Å². The Morgan fingerprint density at radius 3 is 2.90 bits per heavy atom. The monoisotopic (exact) mass is 306 g/mol. The van der Waals surface area contributed by atoms with Gasteiger partial charge in [0.1, 0.15) is 0 Å². The molecule has 1 heterocycles. The van der Waals surface area contributed by atoms with Crippen LogP contribution in [0, 0.1) is 11.8 Å². The van der Waals surface area contributed by atoms with E-state index in [9.17, 15) is 4.79 Å². The second-order valence-electron chi connectivity index (χ2n) is 5.54. The largest absolute Gasteiger partial charge is 0.372 e. The van der Waals surface area contributed by atoms with Crippen LogP contribution in [0.1, 0.15) is 29.8 Å². The van der Waals surface area contributed by atoms with Crippen molar-refractivity contribution in [3.05, 3.63) is 34.3 Å². The van der Waals surface area contributed by atoms with Crippen molar-refractivity contribution in [2.24, 2.45) is 5.73 Å². The second kappa shape index (κ2) is 6.48. The maximum atomic E-state index is 12.5. The first-order valence-electron chi connectivity index (χ1n) is 6.85. The van der Waals surface area contributed by atoms with E-state index in [1.807, 2.05) is 13.8 Å². The van der Waals surface area contributed by atoms with Gasteiger partial charge in [-0.1, -0.05) is 23.4 Å². The molecule has 0 atom stereocenters. The zero-order valence-corrected chi connectivity index (χ0v) is 13.0. The number of rotatable bonds is 1. The number of halogens is 1. The molecule has 1 aliphatic heterocycles. The Morgan fingerprint density at radius 2 is 2.29 bits per heavy atom. The number of ether oxygens (including phenoxy) is 1. The molecule has 0 radical (unpaired) electrons. The molecule has 5 heteroatoms. The van der Waals surface area contributed by atoms with Crippen LogP contribution in [0.5, 0.6) is 0 Å². The molecule has 112 valence electrons. The van der Waals surface area contributed by atoms with E-state index in [2.05, 4.69) is 11.8 Å². The number of nitrogens with zero attached hydrogens (tertiary/aromatic N) is 1. The summed E-state index contributed by atoms with van der Waals surface area (Å²) in [6, 6.07) is 5.16. The molecule has 1 aromatic rings. The first-order valence-corrected chi connectivity index (χ1v) is 7.22. The first kappa shape index (κ1) is 15.8. The van der Waals surface area contributed by atoms with E-state index in [0.717, 1.165) is 0 Å². The molecule has 0 saturated carbocycles. The first-order chi connectivity index (χ1) is 9.93. The summed E-state index contributed by atoms with van der Waals surface area (Å²) >= 11 is 6.17. The molecule has 0 unspecified atom stereocenters. The van der Waals surface area contributed by atoms with Gasteiger partial charge in [0, 0.05) is 24.2 Å². The molecule has 21 heavy (non-hydrogen) atoms. The van der Waals surface area contributed by atoms with Gasteiger partial charge in [0.05, 0.1) is 23.8 Å². The van der Waals surface area contributed by atoms with Crippen LogP contribution < -0.4 is 5.73 Å². The number of benzene rings is 1. The number of nitrogens with two attached hydrogens (primary N) is 1. The standard InChI is InChI=1S/C16H19ClN2O2/c1-16(2)11-19(8-9-21-16)15(20)13-6-5-12(4-3-7-18)14(17)10-13/h5-6,10H,7-9,11,18H2,1-2H3. The van der Waals surface area contributed by atoms with E-state index in [-0.39, 0.29) is 18.1 Å². The molecule has 2 N–H and O–H groups in total. The van der Waals surface area contributed by atoms with E-state index in [0.29, 0.717) is 35.8 Å². The van der Waals surface area contributed by atoms with E-state index in [1.165, 1.54) is 0 Å². The second-order valence-corrected chi connectivity index (χ2v) is 5.94. The Balaban J connectivity index is 2.18. The van der Waals surface area contributed by atoms with Crippen LogP contribution in [-0.4, -0.2) is 42.6 Å². The zero-order chi connectivity index (χ0) is 15.5. The fourth-order valence-corrected chi connectivity index (χ4v) is 2.50. The third kappa shape index (κ3) is 3.98. The van der Waals surface area contributed by atoms with Gasteiger partial charge < -0.3 is 15.4 Å². The minimum absolute atomic E-state index is 0.0355. The highest BCUT2D eigenvalue weighted by atomic mass is 35.5. The van der Waals surface area contributed by atoms with Crippen molar-refractivity contribution in [1.82, 2.24) is 4.90 Å². The van der Waals surface area contributed by atoms with Gasteiger partial charge in [-0.3, -0.25) is 4.79 Å². The van der Waals surface area contributed by atoms with Crippen LogP contribution in [0.15, 0.2) is 18.2 Å². The molecule has 1 aliphatic rings. The third-order valence-corrected chi connectivity index (χ3v) is 3.57. The van der Waals surface area contributed by atoms with E-state index in [1.54, 1.807) is 23.1 Å². The molecule has 0 aromatic heterocycles. The normalized spacial score (nSPS) is 17.0.